The van der Waals surface area contributed by atoms with Crippen LogP contribution in [0, 0.1) is 6.92 Å². The number of Topliss-reactive ketones (excluding diaryl/α,β-unsaturated/α-hetero) is 1. The van der Waals surface area contributed by atoms with Gasteiger partial charge in [0, 0.05) is 23.7 Å². The monoisotopic (exact) mass is 502 g/mol. The Morgan fingerprint density at radius 1 is 1.11 bits per heavy atom. The smallest absolute Gasteiger partial charge is 0.321 e. The fourth-order valence-electron chi connectivity index (χ4n) is 4.41. The number of aromatic nitrogens is 4. The summed E-state index contributed by atoms with van der Waals surface area (Å²) in [4.78, 5) is 41.0. The average Bonchev–Trinajstić information content (AvgIpc) is 3.24. The quantitative estimate of drug-likeness (QED) is 0.407. The van der Waals surface area contributed by atoms with Gasteiger partial charge in [-0.3, -0.25) is 14.0 Å². The third-order valence-electron chi connectivity index (χ3n) is 6.12. The fraction of sp³-hybridized carbons (Fsp3) is 0.217. The van der Waals surface area contributed by atoms with E-state index in [0.717, 1.165) is 23.9 Å². The summed E-state index contributed by atoms with van der Waals surface area (Å²) in [6.45, 7) is 2.14. The summed E-state index contributed by atoms with van der Waals surface area (Å²) in [6.07, 6.45) is -1.66. The van der Waals surface area contributed by atoms with Gasteiger partial charge in [-0.1, -0.05) is 12.1 Å². The maximum absolute atomic E-state index is 13.2. The van der Waals surface area contributed by atoms with E-state index in [2.05, 4.69) is 15.1 Å². The molecule has 1 unspecified atom stereocenters. The second kappa shape index (κ2) is 8.08. The van der Waals surface area contributed by atoms with Gasteiger partial charge in [-0.2, -0.15) is 18.3 Å². The van der Waals surface area contributed by atoms with E-state index in [1.807, 2.05) is 0 Å². The molecule has 2 aromatic heterocycles. The van der Waals surface area contributed by atoms with Crippen LogP contribution >= 0.6 is 7.60 Å². The molecule has 12 heteroatoms. The molecule has 0 amide bonds. The van der Waals surface area contributed by atoms with Crippen molar-refractivity contribution in [2.24, 2.45) is 0 Å². The molecule has 0 fully saturated rings. The Kier molecular flexibility index (Phi) is 5.39. The zero-order valence-electron chi connectivity index (χ0n) is 18.2. The van der Waals surface area contributed by atoms with Crippen LogP contribution in [0.5, 0.6) is 0 Å². The van der Waals surface area contributed by atoms with Crippen LogP contribution in [-0.4, -0.2) is 35.3 Å². The Morgan fingerprint density at radius 2 is 1.89 bits per heavy atom. The van der Waals surface area contributed by atoms with Crippen molar-refractivity contribution in [1.82, 2.24) is 19.7 Å². The van der Waals surface area contributed by atoms with E-state index >= 15 is 0 Å². The maximum Gasteiger partial charge on any atom is 0.416 e. The first-order chi connectivity index (χ1) is 16.4. The fourth-order valence-corrected chi connectivity index (χ4v) is 5.11. The van der Waals surface area contributed by atoms with Gasteiger partial charge in [-0.25, -0.2) is 9.97 Å². The van der Waals surface area contributed by atoms with Crippen LogP contribution in [0.15, 0.2) is 48.8 Å². The third kappa shape index (κ3) is 4.16. The molecule has 3 heterocycles. The van der Waals surface area contributed by atoms with Crippen molar-refractivity contribution in [1.29, 1.82) is 0 Å². The molecular formula is C23H18F3N4O4P. The summed E-state index contributed by atoms with van der Waals surface area (Å²) in [5, 5.41) is 3.84. The molecule has 5 rings (SSSR count). The number of ketones is 1. The third-order valence-corrected chi connectivity index (χ3v) is 7.08. The molecule has 0 saturated heterocycles. The minimum Gasteiger partial charge on any atom is -0.321 e. The summed E-state index contributed by atoms with van der Waals surface area (Å²) >= 11 is 0. The first-order valence-electron chi connectivity index (χ1n) is 10.5. The first kappa shape index (κ1) is 23.3. The van der Waals surface area contributed by atoms with E-state index in [0.29, 0.717) is 35.4 Å². The standard InChI is InChI=1S/C23H18F3N4O4P/c1-12-8-13(22-27-10-14-9-15(23(24,25)26)3-5-18(14)29-22)2-4-16(12)17-6-7-30-20(21(17)31)19(11-28-30)35(32,33)34/h2-5,8-11,17H,6-7H2,1H3,(H2,32,33,34). The van der Waals surface area contributed by atoms with E-state index in [4.69, 9.17) is 0 Å². The van der Waals surface area contributed by atoms with E-state index in [1.54, 1.807) is 25.1 Å². The topological polar surface area (TPSA) is 118 Å². The van der Waals surface area contributed by atoms with Crippen molar-refractivity contribution in [3.05, 3.63) is 71.2 Å². The molecule has 4 aromatic rings. The van der Waals surface area contributed by atoms with Gasteiger partial charge in [0.15, 0.2) is 11.6 Å². The van der Waals surface area contributed by atoms with E-state index in [-0.39, 0.29) is 16.4 Å². The van der Waals surface area contributed by atoms with Gasteiger partial charge in [-0.15, -0.1) is 0 Å². The highest BCUT2D eigenvalue weighted by Gasteiger charge is 2.37. The maximum atomic E-state index is 13.2. The second-order valence-electron chi connectivity index (χ2n) is 8.39. The summed E-state index contributed by atoms with van der Waals surface area (Å²) in [5.41, 5.74) is 1.60. The number of hydrogen-bond acceptors (Lipinski definition) is 5. The van der Waals surface area contributed by atoms with Gasteiger partial charge in [0.1, 0.15) is 11.0 Å². The molecular weight excluding hydrogens is 484 g/mol. The lowest BCUT2D eigenvalue weighted by atomic mass is 9.85. The molecule has 0 bridgehead atoms. The Balaban J connectivity index is 1.47. The number of nitrogens with zero attached hydrogens (tertiary/aromatic N) is 4. The molecule has 2 aromatic carbocycles. The average molecular weight is 502 g/mol. The first-order valence-corrected chi connectivity index (χ1v) is 12.2. The van der Waals surface area contributed by atoms with E-state index in [1.165, 1.54) is 16.9 Å². The van der Waals surface area contributed by atoms with Crippen LogP contribution in [0.1, 0.15) is 39.5 Å². The molecule has 180 valence electrons. The van der Waals surface area contributed by atoms with Crippen molar-refractivity contribution in [2.45, 2.75) is 32.0 Å². The summed E-state index contributed by atoms with van der Waals surface area (Å²) < 4.78 is 52.0. The highest BCUT2D eigenvalue weighted by Crippen LogP contribution is 2.39. The van der Waals surface area contributed by atoms with Crippen molar-refractivity contribution in [2.75, 3.05) is 0 Å². The highest BCUT2D eigenvalue weighted by atomic mass is 31.2. The molecule has 8 nitrogen and oxygen atoms in total. The van der Waals surface area contributed by atoms with Gasteiger partial charge >= 0.3 is 13.8 Å². The number of fused-ring (bicyclic) bond motifs is 2. The lowest BCUT2D eigenvalue weighted by molar-refractivity contribution is -0.137. The van der Waals surface area contributed by atoms with Crippen LogP contribution in [0.25, 0.3) is 22.3 Å². The summed E-state index contributed by atoms with van der Waals surface area (Å²) in [7, 11) is -4.66. The van der Waals surface area contributed by atoms with Gasteiger partial charge in [0.2, 0.25) is 0 Å². The van der Waals surface area contributed by atoms with Crippen molar-refractivity contribution < 1.29 is 32.3 Å². The number of aryl methyl sites for hydroxylation is 2. The number of benzene rings is 2. The lowest BCUT2D eigenvalue weighted by Gasteiger charge is -2.25. The number of halogens is 3. The SMILES string of the molecule is Cc1cc(-c2ncc3cc(C(F)(F)F)ccc3n2)ccc1C1CCn2ncc(P(=O)(O)O)c2C1=O. The minimum absolute atomic E-state index is 0.0749. The Labute approximate surface area is 196 Å². The Morgan fingerprint density at radius 3 is 2.57 bits per heavy atom. The molecule has 0 radical (unpaired) electrons. The van der Waals surface area contributed by atoms with Crippen molar-refractivity contribution in [3.63, 3.8) is 0 Å². The number of carbonyl (C=O) groups is 1. The largest absolute Gasteiger partial charge is 0.416 e. The van der Waals surface area contributed by atoms with Crippen molar-refractivity contribution in [3.8, 4) is 11.4 Å². The molecule has 0 spiro atoms. The molecule has 1 aliphatic heterocycles. The van der Waals surface area contributed by atoms with Gasteiger partial charge in [-0.05, 0) is 48.7 Å². The van der Waals surface area contributed by atoms with Gasteiger partial charge < -0.3 is 9.79 Å². The van der Waals surface area contributed by atoms with Crippen molar-refractivity contribution >= 4 is 29.6 Å². The molecule has 2 N–H and O–H groups in total. The zero-order valence-corrected chi connectivity index (χ0v) is 19.1. The summed E-state index contributed by atoms with van der Waals surface area (Å²) in [5.74, 6) is -0.689. The second-order valence-corrected chi connectivity index (χ2v) is 9.96. The molecule has 1 aliphatic rings. The molecule has 35 heavy (non-hydrogen) atoms. The molecule has 1 atom stereocenters. The Bertz CT molecular complexity index is 1540. The molecule has 0 saturated carbocycles. The Hall–Kier alpha value is -3.40. The van der Waals surface area contributed by atoms with Crippen LogP contribution in [0.2, 0.25) is 0 Å². The predicted molar refractivity (Wildman–Crippen MR) is 120 cm³/mol. The lowest BCUT2D eigenvalue weighted by Crippen LogP contribution is -2.30. The van der Waals surface area contributed by atoms with Gasteiger partial charge in [0.05, 0.1) is 23.2 Å². The van der Waals surface area contributed by atoms with Crippen LogP contribution in [0.4, 0.5) is 13.2 Å². The summed E-state index contributed by atoms with van der Waals surface area (Å²) in [6, 6.07) is 8.52. The molecule has 0 aliphatic carbocycles. The number of alkyl halides is 3. The number of carbonyl (C=O) groups excluding carboxylic acids is 1. The van der Waals surface area contributed by atoms with E-state index in [9.17, 15) is 32.3 Å². The number of hydrogen-bond donors (Lipinski definition) is 2. The van der Waals surface area contributed by atoms with Crippen LogP contribution in [0.3, 0.4) is 0 Å². The minimum atomic E-state index is -4.66. The number of rotatable bonds is 3. The normalized spacial score (nSPS) is 16.5. The van der Waals surface area contributed by atoms with Gasteiger partial charge in [0.25, 0.3) is 0 Å². The highest BCUT2D eigenvalue weighted by molar-refractivity contribution is 7.60. The van der Waals surface area contributed by atoms with Crippen LogP contribution in [-0.2, 0) is 17.3 Å². The predicted octanol–water partition coefficient (Wildman–Crippen LogP) is 3.99. The van der Waals surface area contributed by atoms with Crippen LogP contribution < -0.4 is 5.30 Å². The van der Waals surface area contributed by atoms with E-state index < -0.39 is 31.0 Å². The zero-order chi connectivity index (χ0) is 25.1.